The maximum absolute atomic E-state index is 14.1. The minimum absolute atomic E-state index is 0.0258. The molecular formula is C27H32FN3O6S2. The van der Waals surface area contributed by atoms with Gasteiger partial charge in [-0.15, -0.1) is 11.3 Å². The lowest BCUT2D eigenvalue weighted by Crippen LogP contribution is -2.32. The van der Waals surface area contributed by atoms with Gasteiger partial charge in [-0.25, -0.2) is 22.1 Å². The van der Waals surface area contributed by atoms with Crippen LogP contribution in [0.25, 0.3) is 0 Å². The molecule has 39 heavy (non-hydrogen) atoms. The summed E-state index contributed by atoms with van der Waals surface area (Å²) < 4.78 is 50.2. The average molecular weight is 578 g/mol. The molecule has 12 heteroatoms. The zero-order valence-electron chi connectivity index (χ0n) is 22.6. The molecule has 1 heterocycles. The Bertz CT molecular complexity index is 1410. The predicted molar refractivity (Wildman–Crippen MR) is 148 cm³/mol. The SMILES string of the molecule is COc1cc(C(=O)N(CCCc2ccccc2F)Cc2nc(C(=O)CS(=O)(=O)N(C)C)cs2)cc(OC)c1C. The Morgan fingerprint density at radius 2 is 1.72 bits per heavy atom. The lowest BCUT2D eigenvalue weighted by molar-refractivity contribution is 0.0740. The number of carbonyl (C=O) groups is 2. The Labute approximate surface area is 232 Å². The second-order valence-corrected chi connectivity index (χ2v) is 12.1. The number of Topliss-reactive ketones (excluding diaryl/α,β-unsaturated/α-hetero) is 1. The van der Waals surface area contributed by atoms with Crippen LogP contribution < -0.4 is 9.47 Å². The van der Waals surface area contributed by atoms with Crippen molar-refractivity contribution >= 4 is 33.1 Å². The molecule has 0 aliphatic rings. The van der Waals surface area contributed by atoms with E-state index in [1.807, 2.05) is 6.92 Å². The van der Waals surface area contributed by atoms with Crippen LogP contribution in [0.5, 0.6) is 11.5 Å². The third kappa shape index (κ3) is 7.61. The van der Waals surface area contributed by atoms with Gasteiger partial charge < -0.3 is 14.4 Å². The number of rotatable bonds is 13. The third-order valence-electron chi connectivity index (χ3n) is 6.15. The first-order chi connectivity index (χ1) is 18.5. The van der Waals surface area contributed by atoms with Gasteiger partial charge in [-0.05, 0) is 43.5 Å². The number of carbonyl (C=O) groups excluding carboxylic acids is 2. The number of benzene rings is 2. The average Bonchev–Trinajstić information content (AvgIpc) is 3.37. The molecule has 1 aromatic heterocycles. The lowest BCUT2D eigenvalue weighted by atomic mass is 10.1. The summed E-state index contributed by atoms with van der Waals surface area (Å²) in [6, 6.07) is 9.75. The van der Waals surface area contributed by atoms with Gasteiger partial charge in [0.25, 0.3) is 5.91 Å². The van der Waals surface area contributed by atoms with Gasteiger partial charge in [0.2, 0.25) is 10.0 Å². The summed E-state index contributed by atoms with van der Waals surface area (Å²) in [7, 11) is 1.99. The lowest BCUT2D eigenvalue weighted by Gasteiger charge is -2.23. The number of hydrogen-bond acceptors (Lipinski definition) is 8. The summed E-state index contributed by atoms with van der Waals surface area (Å²) in [4.78, 5) is 32.1. The quantitative estimate of drug-likeness (QED) is 0.283. The van der Waals surface area contributed by atoms with Crippen molar-refractivity contribution in [3.8, 4) is 11.5 Å². The molecule has 0 fully saturated rings. The number of nitrogens with zero attached hydrogens (tertiary/aromatic N) is 3. The molecule has 0 aliphatic heterocycles. The van der Waals surface area contributed by atoms with Crippen molar-refractivity contribution < 1.29 is 31.9 Å². The first-order valence-corrected chi connectivity index (χ1v) is 14.6. The van der Waals surface area contributed by atoms with Crippen LogP contribution in [-0.4, -0.2) is 74.9 Å². The largest absolute Gasteiger partial charge is 0.496 e. The second kappa shape index (κ2) is 13.1. The fourth-order valence-corrected chi connectivity index (χ4v) is 5.40. The van der Waals surface area contributed by atoms with Gasteiger partial charge in [-0.2, -0.15) is 0 Å². The van der Waals surface area contributed by atoms with Crippen molar-refractivity contribution in [1.82, 2.24) is 14.2 Å². The van der Waals surface area contributed by atoms with E-state index in [1.54, 1.807) is 35.2 Å². The molecule has 0 saturated heterocycles. The molecule has 1 amide bonds. The molecule has 0 radical (unpaired) electrons. The van der Waals surface area contributed by atoms with E-state index in [2.05, 4.69) is 4.98 Å². The van der Waals surface area contributed by atoms with Crippen LogP contribution in [0.4, 0.5) is 4.39 Å². The van der Waals surface area contributed by atoms with E-state index in [0.717, 1.165) is 21.2 Å². The number of ether oxygens (including phenoxy) is 2. The first kappa shape index (κ1) is 30.2. The zero-order valence-corrected chi connectivity index (χ0v) is 24.2. The summed E-state index contributed by atoms with van der Waals surface area (Å²) in [5.74, 6) is -0.965. The Kier molecular flexibility index (Phi) is 10.2. The van der Waals surface area contributed by atoms with Crippen molar-refractivity contribution in [2.75, 3.05) is 40.6 Å². The van der Waals surface area contributed by atoms with E-state index in [9.17, 15) is 22.4 Å². The molecule has 0 bridgehead atoms. The molecule has 3 aromatic rings. The first-order valence-electron chi connectivity index (χ1n) is 12.1. The highest BCUT2D eigenvalue weighted by molar-refractivity contribution is 7.89. The molecule has 0 aliphatic carbocycles. The highest BCUT2D eigenvalue weighted by Crippen LogP contribution is 2.30. The Morgan fingerprint density at radius 1 is 1.08 bits per heavy atom. The van der Waals surface area contributed by atoms with Crippen LogP contribution >= 0.6 is 11.3 Å². The molecule has 9 nitrogen and oxygen atoms in total. The molecule has 0 atom stereocenters. The number of hydrogen-bond donors (Lipinski definition) is 0. The minimum Gasteiger partial charge on any atom is -0.496 e. The molecular weight excluding hydrogens is 545 g/mol. The van der Waals surface area contributed by atoms with E-state index >= 15 is 0 Å². The van der Waals surface area contributed by atoms with Gasteiger partial charge in [0.1, 0.15) is 33.8 Å². The smallest absolute Gasteiger partial charge is 0.254 e. The third-order valence-corrected chi connectivity index (χ3v) is 8.73. The maximum atomic E-state index is 14.1. The number of methoxy groups -OCH3 is 2. The summed E-state index contributed by atoms with van der Waals surface area (Å²) in [6.07, 6.45) is 0.895. The number of aromatic nitrogens is 1. The van der Waals surface area contributed by atoms with E-state index in [0.29, 0.717) is 40.5 Å². The highest BCUT2D eigenvalue weighted by atomic mass is 32.2. The number of aryl methyl sites for hydroxylation is 1. The molecule has 3 rings (SSSR count). The van der Waals surface area contributed by atoms with E-state index in [4.69, 9.17) is 9.47 Å². The van der Waals surface area contributed by atoms with Crippen molar-refractivity contribution in [3.63, 3.8) is 0 Å². The number of amides is 1. The van der Waals surface area contributed by atoms with E-state index < -0.39 is 21.6 Å². The van der Waals surface area contributed by atoms with Gasteiger partial charge >= 0.3 is 0 Å². The summed E-state index contributed by atoms with van der Waals surface area (Å²) >= 11 is 1.16. The van der Waals surface area contributed by atoms with Gasteiger partial charge in [0.15, 0.2) is 5.78 Å². The summed E-state index contributed by atoms with van der Waals surface area (Å²) in [6.45, 7) is 2.18. The number of sulfonamides is 1. The maximum Gasteiger partial charge on any atom is 0.254 e. The van der Waals surface area contributed by atoms with Crippen molar-refractivity contribution in [3.05, 3.63) is 75.0 Å². The van der Waals surface area contributed by atoms with Gasteiger partial charge in [0.05, 0.1) is 20.8 Å². The number of thiazole rings is 1. The van der Waals surface area contributed by atoms with Crippen LogP contribution in [-0.2, 0) is 23.0 Å². The van der Waals surface area contributed by atoms with Gasteiger partial charge in [-0.1, -0.05) is 18.2 Å². The predicted octanol–water partition coefficient (Wildman–Crippen LogP) is 3.96. The van der Waals surface area contributed by atoms with E-state index in [1.165, 1.54) is 39.8 Å². The number of ketones is 1. The van der Waals surface area contributed by atoms with Crippen LogP contribution in [0.2, 0.25) is 0 Å². The van der Waals surface area contributed by atoms with Gasteiger partial charge in [0, 0.05) is 37.1 Å². The highest BCUT2D eigenvalue weighted by Gasteiger charge is 2.24. The Balaban J connectivity index is 1.85. The van der Waals surface area contributed by atoms with Crippen molar-refractivity contribution in [2.24, 2.45) is 0 Å². The summed E-state index contributed by atoms with van der Waals surface area (Å²) in [5.41, 5.74) is 1.66. The van der Waals surface area contributed by atoms with Crippen molar-refractivity contribution in [2.45, 2.75) is 26.3 Å². The normalized spacial score (nSPS) is 11.5. The molecule has 0 spiro atoms. The fraction of sp³-hybridized carbons (Fsp3) is 0.370. The topological polar surface area (TPSA) is 106 Å². The molecule has 210 valence electrons. The minimum atomic E-state index is -3.74. The van der Waals surface area contributed by atoms with Crippen LogP contribution in [0.1, 0.15) is 43.4 Å². The molecule has 0 unspecified atom stereocenters. The molecule has 0 saturated carbocycles. The van der Waals surface area contributed by atoms with Crippen molar-refractivity contribution in [1.29, 1.82) is 0 Å². The van der Waals surface area contributed by atoms with Crippen LogP contribution in [0.3, 0.4) is 0 Å². The second-order valence-electron chi connectivity index (χ2n) is 9.02. The number of halogens is 1. The molecule has 0 N–H and O–H groups in total. The molecule has 2 aromatic carbocycles. The zero-order chi connectivity index (χ0) is 28.7. The van der Waals surface area contributed by atoms with Gasteiger partial charge in [-0.3, -0.25) is 9.59 Å². The Morgan fingerprint density at radius 3 is 2.31 bits per heavy atom. The van der Waals surface area contributed by atoms with Crippen LogP contribution in [0, 0.1) is 12.7 Å². The van der Waals surface area contributed by atoms with Crippen LogP contribution in [0.15, 0.2) is 41.8 Å². The standard InChI is InChI=1S/C27H32FN3O6S2/c1-18-24(36-4)13-20(14-25(18)37-5)27(33)31(12-8-10-19-9-6-7-11-21(19)28)15-26-29-22(16-38-26)23(32)17-39(34,35)30(2)3/h6-7,9,11,13-14,16H,8,10,12,15,17H2,1-5H3. The monoisotopic (exact) mass is 577 g/mol. The fourth-order valence-electron chi connectivity index (χ4n) is 3.85. The Hall–Kier alpha value is -3.35. The summed E-state index contributed by atoms with van der Waals surface area (Å²) in [5, 5.41) is 1.95. The van der Waals surface area contributed by atoms with E-state index in [-0.39, 0.29) is 30.5 Å².